The lowest BCUT2D eigenvalue weighted by atomic mass is 10.1. The maximum atomic E-state index is 10.9. The van der Waals surface area contributed by atoms with Gasteiger partial charge >= 0.3 is 5.97 Å². The Morgan fingerprint density at radius 1 is 0.621 bits per heavy atom. The second kappa shape index (κ2) is 8.48. The summed E-state index contributed by atoms with van der Waals surface area (Å²) in [7, 11) is 0. The topological polar surface area (TPSA) is 45.1 Å². The Balaban J connectivity index is 1.42. The van der Waals surface area contributed by atoms with Crippen LogP contribution in [0, 0.1) is 0 Å². The molecule has 0 saturated heterocycles. The molecule has 29 heavy (non-hydrogen) atoms. The van der Waals surface area contributed by atoms with Crippen LogP contribution in [-0.4, -0.2) is 11.1 Å². The van der Waals surface area contributed by atoms with E-state index in [0.29, 0.717) is 12.1 Å². The van der Waals surface area contributed by atoms with Crippen molar-refractivity contribution >= 4 is 5.97 Å². The Morgan fingerprint density at radius 3 is 1.52 bits per heavy atom. The van der Waals surface area contributed by atoms with E-state index in [9.17, 15) is 4.79 Å². The fraction of sp³-hybridized carbons (Fsp3) is 0.0800. The minimum Gasteiger partial charge on any atom is -0.478 e. The third-order valence-electron chi connectivity index (χ3n) is 4.89. The van der Waals surface area contributed by atoms with Crippen molar-refractivity contribution in [2.45, 2.75) is 13.1 Å². The zero-order valence-corrected chi connectivity index (χ0v) is 16.0. The van der Waals surface area contributed by atoms with Gasteiger partial charge in [-0.1, -0.05) is 42.5 Å². The van der Waals surface area contributed by atoms with Crippen LogP contribution in [0.15, 0.2) is 104 Å². The first-order valence-electron chi connectivity index (χ1n) is 9.52. The summed E-state index contributed by atoms with van der Waals surface area (Å²) in [6, 6.07) is 25.9. The number of aromatic nitrogens is 2. The predicted octanol–water partition coefficient (Wildman–Crippen LogP) is 3.72. The van der Waals surface area contributed by atoms with Crippen molar-refractivity contribution in [3.63, 3.8) is 0 Å². The van der Waals surface area contributed by atoms with Gasteiger partial charge in [0.2, 0.25) is 0 Å². The summed E-state index contributed by atoms with van der Waals surface area (Å²) in [5, 5.41) is 8.99. The summed E-state index contributed by atoms with van der Waals surface area (Å²) in [6.07, 6.45) is 8.30. The molecule has 4 rings (SSSR count). The standard InChI is InChI=1S/C25H21N2O2/c28-25(29)24-8-6-21(7-9-24)19-27-16-12-23(13-17-27)22-10-14-26(15-11-22)18-20-4-2-1-3-5-20/h1-17H,18-19H2/q+1/p+1. The molecule has 1 N–H and O–H groups in total. The van der Waals surface area contributed by atoms with Gasteiger partial charge in [0.05, 0.1) is 5.56 Å². The average molecular weight is 382 g/mol. The lowest BCUT2D eigenvalue weighted by Crippen LogP contribution is -2.33. The molecule has 2 aromatic heterocycles. The monoisotopic (exact) mass is 382 g/mol. The number of rotatable bonds is 6. The molecule has 2 heterocycles. The van der Waals surface area contributed by atoms with Crippen molar-refractivity contribution in [3.05, 3.63) is 120 Å². The molecule has 0 unspecified atom stereocenters. The summed E-state index contributed by atoms with van der Waals surface area (Å²) < 4.78 is 4.25. The van der Waals surface area contributed by atoms with Crippen LogP contribution in [0.3, 0.4) is 0 Å². The summed E-state index contributed by atoms with van der Waals surface area (Å²) in [6.45, 7) is 1.56. The average Bonchev–Trinajstić information content (AvgIpc) is 2.76. The molecule has 0 saturated carbocycles. The summed E-state index contributed by atoms with van der Waals surface area (Å²) >= 11 is 0. The maximum Gasteiger partial charge on any atom is 0.335 e. The first-order valence-corrected chi connectivity index (χ1v) is 9.52. The maximum absolute atomic E-state index is 10.9. The van der Waals surface area contributed by atoms with Crippen LogP contribution in [0.25, 0.3) is 11.1 Å². The van der Waals surface area contributed by atoms with E-state index in [1.807, 2.05) is 30.6 Å². The SMILES string of the molecule is O=C(O)c1ccc(C[n+]2ccc(-c3cc[n+](Cc4ccccc4)cc3)cc2)cc1. The van der Waals surface area contributed by atoms with Crippen LogP contribution in [-0.2, 0) is 13.1 Å². The number of aromatic carboxylic acids is 1. The number of hydrogen-bond acceptors (Lipinski definition) is 1. The van der Waals surface area contributed by atoms with Crippen LogP contribution >= 0.6 is 0 Å². The molecule has 0 radical (unpaired) electrons. The Hall–Kier alpha value is -3.79. The van der Waals surface area contributed by atoms with E-state index >= 15 is 0 Å². The summed E-state index contributed by atoms with van der Waals surface area (Å²) in [5.74, 6) is -0.901. The second-order valence-electron chi connectivity index (χ2n) is 7.01. The molecule has 0 spiro atoms. The van der Waals surface area contributed by atoms with Crippen molar-refractivity contribution in [1.82, 2.24) is 0 Å². The molecule has 0 amide bonds. The fourth-order valence-corrected chi connectivity index (χ4v) is 3.27. The highest BCUT2D eigenvalue weighted by molar-refractivity contribution is 5.87. The first-order chi connectivity index (χ1) is 14.2. The second-order valence-corrected chi connectivity index (χ2v) is 7.01. The molecule has 0 bridgehead atoms. The van der Waals surface area contributed by atoms with Crippen LogP contribution in [0.5, 0.6) is 0 Å². The van der Waals surface area contributed by atoms with E-state index in [1.54, 1.807) is 12.1 Å². The Kier molecular flexibility index (Phi) is 5.43. The number of carboxylic acids is 1. The lowest BCUT2D eigenvalue weighted by molar-refractivity contribution is -0.688. The van der Waals surface area contributed by atoms with E-state index in [-0.39, 0.29) is 0 Å². The van der Waals surface area contributed by atoms with Gasteiger partial charge in [0, 0.05) is 35.4 Å². The number of carboxylic acid groups (broad SMARTS) is 1. The number of hydrogen-bond donors (Lipinski definition) is 1. The van der Waals surface area contributed by atoms with Crippen LogP contribution in [0.4, 0.5) is 0 Å². The minimum atomic E-state index is -0.901. The minimum absolute atomic E-state index is 0.308. The van der Waals surface area contributed by atoms with E-state index < -0.39 is 5.97 Å². The van der Waals surface area contributed by atoms with Crippen molar-refractivity contribution in [1.29, 1.82) is 0 Å². The van der Waals surface area contributed by atoms with E-state index in [0.717, 1.165) is 17.7 Å². The van der Waals surface area contributed by atoms with Crippen LogP contribution < -0.4 is 9.13 Å². The van der Waals surface area contributed by atoms with E-state index in [1.165, 1.54) is 11.1 Å². The molecular weight excluding hydrogens is 360 g/mol. The molecule has 0 aliphatic rings. The summed E-state index contributed by atoms with van der Waals surface area (Å²) in [4.78, 5) is 10.9. The van der Waals surface area contributed by atoms with Gasteiger partial charge in [-0.05, 0) is 23.3 Å². The first kappa shape index (κ1) is 18.6. The largest absolute Gasteiger partial charge is 0.478 e. The smallest absolute Gasteiger partial charge is 0.335 e. The van der Waals surface area contributed by atoms with Gasteiger partial charge < -0.3 is 5.11 Å². The van der Waals surface area contributed by atoms with Crippen molar-refractivity contribution in [2.24, 2.45) is 0 Å². The van der Waals surface area contributed by atoms with Crippen LogP contribution in [0.1, 0.15) is 21.5 Å². The number of benzene rings is 2. The van der Waals surface area contributed by atoms with Crippen LogP contribution in [0.2, 0.25) is 0 Å². The van der Waals surface area contributed by atoms with Gasteiger partial charge in [-0.2, -0.15) is 0 Å². The van der Waals surface area contributed by atoms with Crippen molar-refractivity contribution in [3.8, 4) is 11.1 Å². The highest BCUT2D eigenvalue weighted by Gasteiger charge is 2.08. The Labute approximate surface area is 170 Å². The number of nitrogens with zero attached hydrogens (tertiary/aromatic N) is 2. The highest BCUT2D eigenvalue weighted by atomic mass is 16.4. The van der Waals surface area contributed by atoms with Crippen molar-refractivity contribution < 1.29 is 19.0 Å². The molecule has 0 fully saturated rings. The molecule has 4 heteroatoms. The molecule has 0 atom stereocenters. The van der Waals surface area contributed by atoms with Gasteiger partial charge in [0.1, 0.15) is 0 Å². The number of pyridine rings is 2. The normalized spacial score (nSPS) is 10.6. The van der Waals surface area contributed by atoms with Gasteiger partial charge in [-0.3, -0.25) is 0 Å². The summed E-state index contributed by atoms with van der Waals surface area (Å²) in [5.41, 5.74) is 4.99. The quantitative estimate of drug-likeness (QED) is 0.517. The zero-order valence-electron chi connectivity index (χ0n) is 16.0. The highest BCUT2D eigenvalue weighted by Crippen LogP contribution is 2.16. The van der Waals surface area contributed by atoms with E-state index in [4.69, 9.17) is 5.11 Å². The predicted molar refractivity (Wildman–Crippen MR) is 110 cm³/mol. The number of carbonyl (C=O) groups is 1. The van der Waals surface area contributed by atoms with Gasteiger partial charge in [0.15, 0.2) is 37.9 Å². The lowest BCUT2D eigenvalue weighted by Gasteiger charge is -2.03. The Morgan fingerprint density at radius 2 is 1.07 bits per heavy atom. The zero-order chi connectivity index (χ0) is 20.1. The molecule has 2 aromatic carbocycles. The molecular formula is C25H22N2O2+2. The third-order valence-corrected chi connectivity index (χ3v) is 4.89. The molecule has 0 aliphatic heterocycles. The molecule has 142 valence electrons. The van der Waals surface area contributed by atoms with E-state index in [2.05, 4.69) is 70.1 Å². The fourth-order valence-electron chi connectivity index (χ4n) is 3.27. The van der Waals surface area contributed by atoms with Gasteiger partial charge in [0.25, 0.3) is 0 Å². The third kappa shape index (κ3) is 4.74. The Bertz CT molecular complexity index is 1090. The van der Waals surface area contributed by atoms with Gasteiger partial charge in [-0.25, -0.2) is 13.9 Å². The molecule has 4 aromatic rings. The van der Waals surface area contributed by atoms with Gasteiger partial charge in [-0.15, -0.1) is 0 Å². The molecule has 4 nitrogen and oxygen atoms in total. The molecule has 0 aliphatic carbocycles. The van der Waals surface area contributed by atoms with Crippen molar-refractivity contribution in [2.75, 3.05) is 0 Å².